The number of halogens is 2. The van der Waals surface area contributed by atoms with Crippen LogP contribution >= 0.6 is 35.0 Å². The third-order valence-electron chi connectivity index (χ3n) is 5.30. The van der Waals surface area contributed by atoms with E-state index in [4.69, 9.17) is 23.2 Å². The molecule has 0 spiro atoms. The molecule has 0 aromatic heterocycles. The summed E-state index contributed by atoms with van der Waals surface area (Å²) in [5.41, 5.74) is 0.841. The summed E-state index contributed by atoms with van der Waals surface area (Å²) in [6.07, 6.45) is 2.47. The Morgan fingerprint density at radius 1 is 1.03 bits per heavy atom. The third-order valence-corrected chi connectivity index (χ3v) is 7.02. The van der Waals surface area contributed by atoms with Crippen LogP contribution in [0.1, 0.15) is 52.0 Å². The van der Waals surface area contributed by atoms with E-state index in [1.807, 2.05) is 69.3 Å². The summed E-state index contributed by atoms with van der Waals surface area (Å²) in [5, 5.41) is 4.34. The molecule has 2 aromatic carbocycles. The molecular weight excluding hydrogens is 463 g/mol. The van der Waals surface area contributed by atoms with Crippen LogP contribution in [0, 0.1) is 0 Å². The summed E-state index contributed by atoms with van der Waals surface area (Å²) in [4.78, 5) is 29.0. The van der Waals surface area contributed by atoms with Gasteiger partial charge in [-0.25, -0.2) is 0 Å². The second-order valence-corrected chi connectivity index (χ2v) is 9.77. The Kier molecular flexibility index (Phi) is 11.4. The van der Waals surface area contributed by atoms with E-state index in [-0.39, 0.29) is 17.9 Å². The summed E-state index contributed by atoms with van der Waals surface area (Å²) < 4.78 is 0. The van der Waals surface area contributed by atoms with Crippen LogP contribution in [0.25, 0.3) is 0 Å². The summed E-state index contributed by atoms with van der Waals surface area (Å²) in [6, 6.07) is 14.7. The van der Waals surface area contributed by atoms with E-state index in [0.29, 0.717) is 35.9 Å². The van der Waals surface area contributed by atoms with E-state index in [1.54, 1.807) is 16.7 Å². The first kappa shape index (κ1) is 26.6. The predicted octanol–water partition coefficient (Wildman–Crippen LogP) is 6.59. The van der Waals surface area contributed by atoms with Gasteiger partial charge in [0.15, 0.2) is 0 Å². The smallest absolute Gasteiger partial charge is 0.243 e. The van der Waals surface area contributed by atoms with Crippen LogP contribution in [0.15, 0.2) is 53.4 Å². The number of nitrogens with one attached hydrogen (secondary N) is 1. The summed E-state index contributed by atoms with van der Waals surface area (Å²) in [5.74, 6) is 0.661. The fourth-order valence-corrected chi connectivity index (χ4v) is 4.43. The highest BCUT2D eigenvalue weighted by Crippen LogP contribution is 2.23. The molecule has 0 heterocycles. The number of benzene rings is 2. The normalized spacial score (nSPS) is 12.8. The Balaban J connectivity index is 2.07. The van der Waals surface area contributed by atoms with Gasteiger partial charge in [0.1, 0.15) is 6.04 Å². The Bertz CT molecular complexity index is 877. The van der Waals surface area contributed by atoms with Crippen molar-refractivity contribution in [1.29, 1.82) is 0 Å². The molecule has 0 saturated heterocycles. The molecule has 2 atom stereocenters. The van der Waals surface area contributed by atoms with Gasteiger partial charge in [0, 0.05) is 33.9 Å². The standard InChI is InChI=1S/C25H32Cl2N2O2S/c1-4-18(3)28-25(31)23(5-2)29(17-19-9-6-7-10-22(19)27)24(30)11-8-16-32-21-14-12-20(26)13-15-21/h6-7,9-10,12-15,18,23H,4-5,8,11,16-17H2,1-3H3,(H,28,31). The highest BCUT2D eigenvalue weighted by molar-refractivity contribution is 7.99. The van der Waals surface area contributed by atoms with Crippen molar-refractivity contribution in [2.75, 3.05) is 5.75 Å². The SMILES string of the molecule is CCC(C)NC(=O)C(CC)N(Cc1ccccc1Cl)C(=O)CCCSc1ccc(Cl)cc1. The molecule has 0 radical (unpaired) electrons. The second-order valence-electron chi connectivity index (χ2n) is 7.76. The molecule has 0 fully saturated rings. The molecule has 174 valence electrons. The highest BCUT2D eigenvalue weighted by atomic mass is 35.5. The van der Waals surface area contributed by atoms with Crippen LogP contribution in [0.5, 0.6) is 0 Å². The maximum absolute atomic E-state index is 13.3. The predicted molar refractivity (Wildman–Crippen MR) is 135 cm³/mol. The first-order valence-corrected chi connectivity index (χ1v) is 12.8. The zero-order valence-electron chi connectivity index (χ0n) is 18.9. The number of hydrogen-bond acceptors (Lipinski definition) is 3. The maximum atomic E-state index is 13.3. The largest absolute Gasteiger partial charge is 0.352 e. The molecule has 2 aromatic rings. The summed E-state index contributed by atoms with van der Waals surface area (Å²) >= 11 is 14.0. The van der Waals surface area contributed by atoms with Gasteiger partial charge >= 0.3 is 0 Å². The van der Waals surface area contributed by atoms with Crippen molar-refractivity contribution in [3.05, 3.63) is 64.1 Å². The lowest BCUT2D eigenvalue weighted by Gasteiger charge is -2.31. The topological polar surface area (TPSA) is 49.4 Å². The zero-order valence-corrected chi connectivity index (χ0v) is 21.3. The lowest BCUT2D eigenvalue weighted by Crippen LogP contribution is -2.50. The van der Waals surface area contributed by atoms with Gasteiger partial charge in [0.25, 0.3) is 0 Å². The van der Waals surface area contributed by atoms with Crippen LogP contribution in [-0.2, 0) is 16.1 Å². The van der Waals surface area contributed by atoms with E-state index < -0.39 is 6.04 Å². The number of hydrogen-bond donors (Lipinski definition) is 1. The summed E-state index contributed by atoms with van der Waals surface area (Å²) in [7, 11) is 0. The first-order valence-electron chi connectivity index (χ1n) is 11.1. The van der Waals surface area contributed by atoms with Crippen molar-refractivity contribution < 1.29 is 9.59 Å². The van der Waals surface area contributed by atoms with Gasteiger partial charge in [-0.05, 0) is 67.8 Å². The molecule has 2 rings (SSSR count). The minimum atomic E-state index is -0.531. The van der Waals surface area contributed by atoms with Crippen molar-refractivity contribution in [3.63, 3.8) is 0 Å². The molecule has 32 heavy (non-hydrogen) atoms. The summed E-state index contributed by atoms with van der Waals surface area (Å²) in [6.45, 7) is 6.25. The van der Waals surface area contributed by atoms with Crippen LogP contribution < -0.4 is 5.32 Å². The van der Waals surface area contributed by atoms with E-state index in [9.17, 15) is 9.59 Å². The molecular formula is C25H32Cl2N2O2S. The first-order chi connectivity index (χ1) is 15.3. The molecule has 0 aliphatic heterocycles. The number of rotatable bonds is 12. The number of amides is 2. The molecule has 7 heteroatoms. The van der Waals surface area contributed by atoms with Gasteiger partial charge in [-0.3, -0.25) is 9.59 Å². The molecule has 0 aliphatic carbocycles. The van der Waals surface area contributed by atoms with Crippen molar-refractivity contribution in [1.82, 2.24) is 10.2 Å². The zero-order chi connectivity index (χ0) is 23.5. The van der Waals surface area contributed by atoms with Crippen molar-refractivity contribution >= 4 is 46.8 Å². The number of nitrogens with zero attached hydrogens (tertiary/aromatic N) is 1. The van der Waals surface area contributed by atoms with Gasteiger partial charge in [-0.15, -0.1) is 11.8 Å². The Morgan fingerprint density at radius 2 is 1.72 bits per heavy atom. The van der Waals surface area contributed by atoms with Crippen molar-refractivity contribution in [2.45, 2.75) is 70.0 Å². The van der Waals surface area contributed by atoms with E-state index >= 15 is 0 Å². The Labute approximate surface area is 206 Å². The monoisotopic (exact) mass is 494 g/mol. The van der Waals surface area contributed by atoms with Gasteiger partial charge in [-0.2, -0.15) is 0 Å². The quantitative estimate of drug-likeness (QED) is 0.267. The van der Waals surface area contributed by atoms with E-state index in [1.165, 1.54) is 0 Å². The van der Waals surface area contributed by atoms with Crippen molar-refractivity contribution in [3.8, 4) is 0 Å². The van der Waals surface area contributed by atoms with Gasteiger partial charge in [0.05, 0.1) is 0 Å². The van der Waals surface area contributed by atoms with E-state index in [0.717, 1.165) is 22.6 Å². The van der Waals surface area contributed by atoms with Crippen LogP contribution in [-0.4, -0.2) is 34.6 Å². The second kappa shape index (κ2) is 13.8. The lowest BCUT2D eigenvalue weighted by atomic mass is 10.1. The molecule has 1 N–H and O–H groups in total. The minimum absolute atomic E-state index is 0.0345. The fraction of sp³-hybridized carbons (Fsp3) is 0.440. The van der Waals surface area contributed by atoms with E-state index in [2.05, 4.69) is 5.32 Å². The fourth-order valence-electron chi connectivity index (χ4n) is 3.26. The van der Waals surface area contributed by atoms with Crippen LogP contribution in [0.2, 0.25) is 10.0 Å². The molecule has 2 unspecified atom stereocenters. The maximum Gasteiger partial charge on any atom is 0.243 e. The molecule has 0 saturated carbocycles. The third kappa shape index (κ3) is 8.34. The molecule has 2 amide bonds. The van der Waals surface area contributed by atoms with Gasteiger partial charge < -0.3 is 10.2 Å². The van der Waals surface area contributed by atoms with Crippen molar-refractivity contribution in [2.24, 2.45) is 0 Å². The van der Waals surface area contributed by atoms with Gasteiger partial charge in [-0.1, -0.05) is 55.2 Å². The number of carbonyl (C=O) groups is 2. The average molecular weight is 496 g/mol. The minimum Gasteiger partial charge on any atom is -0.352 e. The number of thioether (sulfide) groups is 1. The van der Waals surface area contributed by atoms with Gasteiger partial charge in [0.2, 0.25) is 11.8 Å². The Morgan fingerprint density at radius 3 is 2.34 bits per heavy atom. The lowest BCUT2D eigenvalue weighted by molar-refractivity contribution is -0.141. The molecule has 0 aliphatic rings. The van der Waals surface area contributed by atoms with Crippen LogP contribution in [0.3, 0.4) is 0 Å². The highest BCUT2D eigenvalue weighted by Gasteiger charge is 2.29. The number of carbonyl (C=O) groups excluding carboxylic acids is 2. The average Bonchev–Trinajstić information content (AvgIpc) is 2.78. The molecule has 4 nitrogen and oxygen atoms in total. The molecule has 0 bridgehead atoms. The van der Waals surface area contributed by atoms with Crippen LogP contribution in [0.4, 0.5) is 0 Å². The Hall–Kier alpha value is -1.69.